The molecule has 0 heterocycles. The molecule has 1 nitrogen and oxygen atoms in total. The molecule has 0 amide bonds. The largest absolute Gasteiger partial charge is 0.305 e. The van der Waals surface area contributed by atoms with Gasteiger partial charge in [-0.05, 0) is 30.9 Å². The van der Waals surface area contributed by atoms with Crippen LogP contribution in [0.1, 0.15) is 43.9 Å². The van der Waals surface area contributed by atoms with Crippen LogP contribution in [0.3, 0.4) is 0 Å². The second-order valence-corrected chi connectivity index (χ2v) is 5.00. The van der Waals surface area contributed by atoms with Gasteiger partial charge in [-0.2, -0.15) is 0 Å². The molecule has 2 heteroatoms. The van der Waals surface area contributed by atoms with Crippen molar-refractivity contribution in [3.05, 3.63) is 47.0 Å². The van der Waals surface area contributed by atoms with Gasteiger partial charge in [-0.1, -0.05) is 55.8 Å². The van der Waals surface area contributed by atoms with E-state index in [1.54, 1.807) is 0 Å². The first-order valence-corrected chi connectivity index (χ1v) is 6.66. The van der Waals surface area contributed by atoms with Crippen LogP contribution in [0, 0.1) is 0 Å². The number of rotatable bonds is 7. The van der Waals surface area contributed by atoms with Crippen molar-refractivity contribution in [3.63, 3.8) is 0 Å². The van der Waals surface area contributed by atoms with Crippen LogP contribution in [0.25, 0.3) is 0 Å². The summed E-state index contributed by atoms with van der Waals surface area (Å²) in [6.45, 7) is 8.69. The lowest BCUT2D eigenvalue weighted by Crippen LogP contribution is -2.19. The molecule has 1 atom stereocenters. The first-order chi connectivity index (χ1) is 8.13. The molecule has 0 bridgehead atoms. The Hall–Kier alpha value is -0.790. The van der Waals surface area contributed by atoms with Crippen molar-refractivity contribution in [2.75, 3.05) is 6.54 Å². The zero-order valence-corrected chi connectivity index (χ0v) is 11.6. The SMILES string of the molecule is C=C(Cl)CNC(C)c1ccc(CCCC)cc1. The van der Waals surface area contributed by atoms with Crippen LogP contribution in [-0.4, -0.2) is 6.54 Å². The summed E-state index contributed by atoms with van der Waals surface area (Å²) in [5.41, 5.74) is 2.72. The molecule has 0 spiro atoms. The fourth-order valence-corrected chi connectivity index (χ4v) is 1.81. The van der Waals surface area contributed by atoms with Gasteiger partial charge < -0.3 is 5.32 Å². The maximum atomic E-state index is 5.73. The van der Waals surface area contributed by atoms with Crippen molar-refractivity contribution in [1.82, 2.24) is 5.32 Å². The highest BCUT2D eigenvalue weighted by Crippen LogP contribution is 2.15. The molecule has 17 heavy (non-hydrogen) atoms. The van der Waals surface area contributed by atoms with Crippen LogP contribution in [0.15, 0.2) is 35.9 Å². The molecule has 94 valence electrons. The maximum absolute atomic E-state index is 5.73. The molecule has 1 unspecified atom stereocenters. The summed E-state index contributed by atoms with van der Waals surface area (Å²) in [5, 5.41) is 3.98. The number of aryl methyl sites for hydroxylation is 1. The zero-order chi connectivity index (χ0) is 12.7. The predicted octanol–water partition coefficient (Wildman–Crippen LogP) is 4.43. The Morgan fingerprint density at radius 2 is 2.00 bits per heavy atom. The van der Waals surface area contributed by atoms with Crippen molar-refractivity contribution >= 4 is 11.6 Å². The molecule has 0 radical (unpaired) electrons. The van der Waals surface area contributed by atoms with Gasteiger partial charge in [0.05, 0.1) is 0 Å². The second-order valence-electron chi connectivity index (χ2n) is 4.46. The minimum Gasteiger partial charge on any atom is -0.305 e. The van der Waals surface area contributed by atoms with Gasteiger partial charge in [-0.15, -0.1) is 0 Å². The maximum Gasteiger partial charge on any atom is 0.0313 e. The monoisotopic (exact) mass is 251 g/mol. The number of hydrogen-bond acceptors (Lipinski definition) is 1. The summed E-state index contributed by atoms with van der Waals surface area (Å²) < 4.78 is 0. The van der Waals surface area contributed by atoms with Gasteiger partial charge in [-0.3, -0.25) is 0 Å². The van der Waals surface area contributed by atoms with Crippen molar-refractivity contribution < 1.29 is 0 Å². The number of halogens is 1. The third kappa shape index (κ3) is 5.38. The average Bonchev–Trinajstić information content (AvgIpc) is 2.34. The van der Waals surface area contributed by atoms with E-state index in [0.29, 0.717) is 17.6 Å². The Bertz CT molecular complexity index is 342. The van der Waals surface area contributed by atoms with Crippen molar-refractivity contribution in [2.24, 2.45) is 0 Å². The van der Waals surface area contributed by atoms with Crippen LogP contribution in [0.4, 0.5) is 0 Å². The standard InChI is InChI=1S/C15H22ClN/c1-4-5-6-14-7-9-15(10-8-14)13(3)17-11-12(2)16/h7-10,13,17H,2,4-6,11H2,1,3H3. The predicted molar refractivity (Wildman–Crippen MR) is 76.5 cm³/mol. The van der Waals surface area contributed by atoms with E-state index in [0.717, 1.165) is 0 Å². The fraction of sp³-hybridized carbons (Fsp3) is 0.467. The number of benzene rings is 1. The van der Waals surface area contributed by atoms with E-state index < -0.39 is 0 Å². The average molecular weight is 252 g/mol. The lowest BCUT2D eigenvalue weighted by atomic mass is 10.0. The van der Waals surface area contributed by atoms with E-state index in [9.17, 15) is 0 Å². The highest BCUT2D eigenvalue weighted by atomic mass is 35.5. The van der Waals surface area contributed by atoms with Crippen LogP contribution >= 0.6 is 11.6 Å². The first-order valence-electron chi connectivity index (χ1n) is 6.29. The molecular weight excluding hydrogens is 230 g/mol. The summed E-state index contributed by atoms with van der Waals surface area (Å²) in [7, 11) is 0. The highest BCUT2D eigenvalue weighted by molar-refractivity contribution is 6.29. The fourth-order valence-electron chi connectivity index (χ4n) is 1.74. The van der Waals surface area contributed by atoms with Gasteiger partial charge in [0, 0.05) is 17.6 Å². The molecule has 1 aromatic rings. The van der Waals surface area contributed by atoms with E-state index in [-0.39, 0.29) is 0 Å². The van der Waals surface area contributed by atoms with E-state index in [2.05, 4.69) is 50.0 Å². The molecule has 0 aliphatic carbocycles. The minimum absolute atomic E-state index is 0.311. The zero-order valence-electron chi connectivity index (χ0n) is 10.8. The van der Waals surface area contributed by atoms with E-state index in [1.165, 1.54) is 30.4 Å². The van der Waals surface area contributed by atoms with Gasteiger partial charge >= 0.3 is 0 Å². The van der Waals surface area contributed by atoms with Crippen molar-refractivity contribution in [1.29, 1.82) is 0 Å². The van der Waals surface area contributed by atoms with Gasteiger partial charge in [0.1, 0.15) is 0 Å². The van der Waals surface area contributed by atoms with Gasteiger partial charge in [-0.25, -0.2) is 0 Å². The van der Waals surface area contributed by atoms with Crippen LogP contribution < -0.4 is 5.32 Å². The third-order valence-corrected chi connectivity index (χ3v) is 3.03. The Kier molecular flexibility index (Phi) is 6.31. The van der Waals surface area contributed by atoms with Crippen LogP contribution in [0.2, 0.25) is 0 Å². The Balaban J connectivity index is 2.51. The van der Waals surface area contributed by atoms with Gasteiger partial charge in [0.15, 0.2) is 0 Å². The van der Waals surface area contributed by atoms with Crippen LogP contribution in [0.5, 0.6) is 0 Å². The lowest BCUT2D eigenvalue weighted by Gasteiger charge is -2.14. The smallest absolute Gasteiger partial charge is 0.0313 e. The molecule has 0 aromatic heterocycles. The van der Waals surface area contributed by atoms with E-state index in [4.69, 9.17) is 11.6 Å². The Morgan fingerprint density at radius 1 is 1.35 bits per heavy atom. The minimum atomic E-state index is 0.311. The molecule has 0 saturated carbocycles. The first kappa shape index (κ1) is 14.3. The molecule has 0 aliphatic rings. The molecule has 1 aromatic carbocycles. The van der Waals surface area contributed by atoms with E-state index >= 15 is 0 Å². The Labute approximate surface area is 110 Å². The summed E-state index contributed by atoms with van der Waals surface area (Å²) in [5.74, 6) is 0. The normalized spacial score (nSPS) is 12.4. The quantitative estimate of drug-likeness (QED) is 0.756. The Morgan fingerprint density at radius 3 is 2.53 bits per heavy atom. The van der Waals surface area contributed by atoms with Crippen molar-refractivity contribution in [2.45, 2.75) is 39.2 Å². The number of hydrogen-bond donors (Lipinski definition) is 1. The topological polar surface area (TPSA) is 12.0 Å². The molecule has 1 rings (SSSR count). The molecular formula is C15H22ClN. The third-order valence-electron chi connectivity index (χ3n) is 2.90. The van der Waals surface area contributed by atoms with Crippen molar-refractivity contribution in [3.8, 4) is 0 Å². The summed E-state index contributed by atoms with van der Waals surface area (Å²) >= 11 is 5.73. The second kappa shape index (κ2) is 7.52. The van der Waals surface area contributed by atoms with Gasteiger partial charge in [0.2, 0.25) is 0 Å². The number of unbranched alkanes of at least 4 members (excludes halogenated alkanes) is 1. The number of nitrogens with one attached hydrogen (secondary N) is 1. The summed E-state index contributed by atoms with van der Waals surface area (Å²) in [6.07, 6.45) is 3.69. The molecule has 1 N–H and O–H groups in total. The highest BCUT2D eigenvalue weighted by Gasteiger charge is 2.04. The molecule has 0 saturated heterocycles. The van der Waals surface area contributed by atoms with Crippen LogP contribution in [-0.2, 0) is 6.42 Å². The molecule has 0 aliphatic heterocycles. The molecule has 0 fully saturated rings. The lowest BCUT2D eigenvalue weighted by molar-refractivity contribution is 0.614. The van der Waals surface area contributed by atoms with E-state index in [1.807, 2.05) is 0 Å². The summed E-state index contributed by atoms with van der Waals surface area (Å²) in [6, 6.07) is 9.14. The van der Waals surface area contributed by atoms with Gasteiger partial charge in [0.25, 0.3) is 0 Å². The summed E-state index contributed by atoms with van der Waals surface area (Å²) in [4.78, 5) is 0.